The minimum Gasteiger partial charge on any atom is -0.486 e. The fourth-order valence-corrected chi connectivity index (χ4v) is 1.65. The van der Waals surface area contributed by atoms with Crippen LogP contribution in [-0.2, 0) is 0 Å². The topological polar surface area (TPSA) is 44.5 Å². The summed E-state index contributed by atoms with van der Waals surface area (Å²) in [4.78, 5) is 0. The summed E-state index contributed by atoms with van der Waals surface area (Å²) in [5, 5.41) is 0. The number of ether oxygens (including phenoxy) is 2. The molecule has 3 nitrogen and oxygen atoms in total. The summed E-state index contributed by atoms with van der Waals surface area (Å²) in [5.74, 6) is 2.01. The molecule has 3 heteroatoms. The van der Waals surface area contributed by atoms with Crippen molar-refractivity contribution in [3.05, 3.63) is 23.8 Å². The van der Waals surface area contributed by atoms with E-state index >= 15 is 0 Å². The first-order valence-electron chi connectivity index (χ1n) is 5.33. The van der Waals surface area contributed by atoms with Gasteiger partial charge in [-0.1, -0.05) is 13.0 Å². The molecule has 82 valence electrons. The van der Waals surface area contributed by atoms with Crippen molar-refractivity contribution in [2.24, 2.45) is 5.73 Å². The summed E-state index contributed by atoms with van der Waals surface area (Å²) in [5.41, 5.74) is 7.07. The summed E-state index contributed by atoms with van der Waals surface area (Å²) in [6, 6.07) is 6.19. The highest BCUT2D eigenvalue weighted by atomic mass is 16.6. The van der Waals surface area contributed by atoms with Gasteiger partial charge in [0.1, 0.15) is 13.2 Å². The Hall–Kier alpha value is -1.22. The van der Waals surface area contributed by atoms with Crippen LogP contribution in [0.3, 0.4) is 0 Å². The van der Waals surface area contributed by atoms with Crippen LogP contribution in [0.5, 0.6) is 11.5 Å². The number of benzene rings is 1. The molecule has 0 spiro atoms. The molecule has 15 heavy (non-hydrogen) atoms. The quantitative estimate of drug-likeness (QED) is 0.805. The third-order valence-corrected chi connectivity index (χ3v) is 2.88. The molecule has 2 unspecified atom stereocenters. The number of rotatable bonds is 2. The van der Waals surface area contributed by atoms with E-state index in [4.69, 9.17) is 15.2 Å². The molecule has 2 atom stereocenters. The van der Waals surface area contributed by atoms with Gasteiger partial charge in [0, 0.05) is 6.04 Å². The summed E-state index contributed by atoms with van der Waals surface area (Å²) in [7, 11) is 0. The van der Waals surface area contributed by atoms with Crippen molar-refractivity contribution in [1.82, 2.24) is 0 Å². The summed E-state index contributed by atoms with van der Waals surface area (Å²) < 4.78 is 11.0. The zero-order valence-corrected chi connectivity index (χ0v) is 9.19. The Morgan fingerprint density at radius 2 is 1.80 bits per heavy atom. The van der Waals surface area contributed by atoms with Crippen LogP contribution < -0.4 is 15.2 Å². The van der Waals surface area contributed by atoms with Gasteiger partial charge in [0.25, 0.3) is 0 Å². The Bertz CT molecular complexity index is 349. The molecular weight excluding hydrogens is 190 g/mol. The van der Waals surface area contributed by atoms with Gasteiger partial charge >= 0.3 is 0 Å². The van der Waals surface area contributed by atoms with Crippen molar-refractivity contribution >= 4 is 0 Å². The van der Waals surface area contributed by atoms with Crippen LogP contribution in [0.15, 0.2) is 18.2 Å². The van der Waals surface area contributed by atoms with E-state index in [1.807, 2.05) is 19.1 Å². The van der Waals surface area contributed by atoms with E-state index in [2.05, 4.69) is 13.0 Å². The SMILES string of the molecule is CC(N)C(C)c1ccc2c(c1)OCCO2. The third-order valence-electron chi connectivity index (χ3n) is 2.88. The molecule has 1 aromatic carbocycles. The van der Waals surface area contributed by atoms with Gasteiger partial charge in [-0.2, -0.15) is 0 Å². The van der Waals surface area contributed by atoms with E-state index in [-0.39, 0.29) is 6.04 Å². The lowest BCUT2D eigenvalue weighted by molar-refractivity contribution is 0.171. The van der Waals surface area contributed by atoms with E-state index in [0.29, 0.717) is 19.1 Å². The lowest BCUT2D eigenvalue weighted by Gasteiger charge is -2.21. The zero-order chi connectivity index (χ0) is 10.8. The molecule has 0 radical (unpaired) electrons. The zero-order valence-electron chi connectivity index (χ0n) is 9.19. The molecule has 0 aliphatic carbocycles. The average molecular weight is 207 g/mol. The van der Waals surface area contributed by atoms with Crippen LogP contribution in [0.2, 0.25) is 0 Å². The highest BCUT2D eigenvalue weighted by Gasteiger charge is 2.16. The normalized spacial score (nSPS) is 18.3. The summed E-state index contributed by atoms with van der Waals surface area (Å²) in [6.07, 6.45) is 0. The number of hydrogen-bond acceptors (Lipinski definition) is 3. The summed E-state index contributed by atoms with van der Waals surface area (Å²) >= 11 is 0. The fourth-order valence-electron chi connectivity index (χ4n) is 1.65. The van der Waals surface area contributed by atoms with Crippen molar-refractivity contribution in [1.29, 1.82) is 0 Å². The highest BCUT2D eigenvalue weighted by Crippen LogP contribution is 2.33. The van der Waals surface area contributed by atoms with Crippen molar-refractivity contribution in [3.8, 4) is 11.5 Å². The average Bonchev–Trinajstić information content (AvgIpc) is 2.27. The standard InChI is InChI=1S/C12H17NO2/c1-8(9(2)13)10-3-4-11-12(7-10)15-6-5-14-11/h3-4,7-9H,5-6,13H2,1-2H3. The second-order valence-corrected chi connectivity index (χ2v) is 4.05. The van der Waals surface area contributed by atoms with Gasteiger partial charge in [0.15, 0.2) is 11.5 Å². The van der Waals surface area contributed by atoms with Gasteiger partial charge < -0.3 is 15.2 Å². The van der Waals surface area contributed by atoms with Crippen molar-refractivity contribution in [2.45, 2.75) is 25.8 Å². The third kappa shape index (κ3) is 2.07. The van der Waals surface area contributed by atoms with Crippen molar-refractivity contribution in [3.63, 3.8) is 0 Å². The molecular formula is C12H17NO2. The van der Waals surface area contributed by atoms with Gasteiger partial charge in [-0.3, -0.25) is 0 Å². The molecule has 0 amide bonds. The monoisotopic (exact) mass is 207 g/mol. The maximum Gasteiger partial charge on any atom is 0.161 e. The number of nitrogens with two attached hydrogens (primary N) is 1. The smallest absolute Gasteiger partial charge is 0.161 e. The van der Waals surface area contributed by atoms with Crippen LogP contribution >= 0.6 is 0 Å². The first-order valence-corrected chi connectivity index (χ1v) is 5.33. The predicted octanol–water partition coefficient (Wildman–Crippen LogP) is 1.91. The predicted molar refractivity (Wildman–Crippen MR) is 59.5 cm³/mol. The van der Waals surface area contributed by atoms with Crippen LogP contribution in [0.1, 0.15) is 25.3 Å². The Morgan fingerprint density at radius 1 is 1.13 bits per heavy atom. The van der Waals surface area contributed by atoms with Gasteiger partial charge in [-0.05, 0) is 30.5 Å². The minimum absolute atomic E-state index is 0.146. The molecule has 1 aromatic rings. The van der Waals surface area contributed by atoms with Gasteiger partial charge in [0.2, 0.25) is 0 Å². The van der Waals surface area contributed by atoms with Crippen molar-refractivity contribution < 1.29 is 9.47 Å². The molecule has 1 aliphatic rings. The number of fused-ring (bicyclic) bond motifs is 1. The maximum absolute atomic E-state index is 5.87. The molecule has 0 saturated heterocycles. The first kappa shape index (κ1) is 10.3. The van der Waals surface area contributed by atoms with Crippen LogP contribution in [-0.4, -0.2) is 19.3 Å². The van der Waals surface area contributed by atoms with E-state index < -0.39 is 0 Å². The Labute approximate surface area is 90.2 Å². The van der Waals surface area contributed by atoms with E-state index in [9.17, 15) is 0 Å². The molecule has 2 N–H and O–H groups in total. The molecule has 1 heterocycles. The maximum atomic E-state index is 5.87. The second kappa shape index (κ2) is 4.11. The largest absolute Gasteiger partial charge is 0.486 e. The highest BCUT2D eigenvalue weighted by molar-refractivity contribution is 5.44. The Balaban J connectivity index is 2.27. The first-order chi connectivity index (χ1) is 7.18. The summed E-state index contributed by atoms with van der Waals surface area (Å²) in [6.45, 7) is 5.40. The van der Waals surface area contributed by atoms with Gasteiger partial charge in [-0.25, -0.2) is 0 Å². The van der Waals surface area contributed by atoms with Crippen LogP contribution in [0.4, 0.5) is 0 Å². The van der Waals surface area contributed by atoms with Crippen LogP contribution in [0, 0.1) is 0 Å². The molecule has 0 aromatic heterocycles. The van der Waals surface area contributed by atoms with E-state index in [1.54, 1.807) is 0 Å². The number of hydrogen-bond donors (Lipinski definition) is 1. The lowest BCUT2D eigenvalue weighted by Crippen LogP contribution is -2.23. The molecule has 2 rings (SSSR count). The van der Waals surface area contributed by atoms with Gasteiger partial charge in [0.05, 0.1) is 0 Å². The van der Waals surface area contributed by atoms with E-state index in [1.165, 1.54) is 5.56 Å². The molecule has 0 fully saturated rings. The Kier molecular flexibility index (Phi) is 2.82. The van der Waals surface area contributed by atoms with Crippen molar-refractivity contribution in [2.75, 3.05) is 13.2 Å². The Morgan fingerprint density at radius 3 is 2.47 bits per heavy atom. The lowest BCUT2D eigenvalue weighted by atomic mass is 9.95. The molecule has 0 bridgehead atoms. The second-order valence-electron chi connectivity index (χ2n) is 4.05. The minimum atomic E-state index is 0.146. The fraction of sp³-hybridized carbons (Fsp3) is 0.500. The van der Waals surface area contributed by atoms with Crippen LogP contribution in [0.25, 0.3) is 0 Å². The van der Waals surface area contributed by atoms with E-state index in [0.717, 1.165) is 11.5 Å². The molecule has 0 saturated carbocycles. The van der Waals surface area contributed by atoms with Gasteiger partial charge in [-0.15, -0.1) is 0 Å². The molecule has 1 aliphatic heterocycles.